The average Bonchev–Trinajstić information content (AvgIpc) is 2.46. The monoisotopic (exact) mass is 366 g/mol. The maximum Gasteiger partial charge on any atom is 1.00 e. The van der Waals surface area contributed by atoms with Crippen molar-refractivity contribution in [3.63, 3.8) is 0 Å². The Morgan fingerprint density at radius 2 is 1.32 bits per heavy atom. The Hall–Kier alpha value is -0.264. The van der Waals surface area contributed by atoms with Crippen LogP contribution in [0.15, 0.2) is 64.4 Å². The minimum Gasteiger partial charge on any atom is -0.745 e. The van der Waals surface area contributed by atoms with Gasteiger partial charge in [-0.05, 0) is 36.4 Å². The van der Waals surface area contributed by atoms with Crippen molar-refractivity contribution in [2.24, 2.45) is 0 Å². The van der Waals surface area contributed by atoms with Gasteiger partial charge >= 0.3 is 51.4 Å². The van der Waals surface area contributed by atoms with E-state index >= 15 is 0 Å². The summed E-state index contributed by atoms with van der Waals surface area (Å²) in [6.45, 7) is 0. The van der Waals surface area contributed by atoms with Crippen molar-refractivity contribution in [1.29, 1.82) is 0 Å². The van der Waals surface area contributed by atoms with Crippen LogP contribution in [0.1, 0.15) is 0 Å². The van der Waals surface area contributed by atoms with Gasteiger partial charge in [0.05, 0.1) is 9.79 Å². The van der Waals surface area contributed by atoms with Gasteiger partial charge in [0.25, 0.3) is 0 Å². The second kappa shape index (κ2) is 8.02. The molecule has 0 bridgehead atoms. The van der Waals surface area contributed by atoms with E-state index < -0.39 is 25.9 Å². The van der Waals surface area contributed by atoms with E-state index in [0.717, 1.165) is 0 Å². The maximum atomic E-state index is 12.3. The van der Waals surface area contributed by atoms with Crippen molar-refractivity contribution in [2.75, 3.05) is 5.94 Å². The second-order valence-electron chi connectivity index (χ2n) is 4.11. The Morgan fingerprint density at radius 1 is 0.818 bits per heavy atom. The van der Waals surface area contributed by atoms with E-state index in [1.165, 1.54) is 36.4 Å². The standard InChI is InChI=1S/C13H12O6S2.K/c14-20(15,16)10-19-11-6-8-13(9-7-11)21(17,18)12-4-2-1-3-5-12;/h1-9H,10H2,(H,14,15,16);/q;+1/p-1. The molecule has 112 valence electrons. The number of hydrogen-bond donors (Lipinski definition) is 0. The third-order valence-corrected chi connectivity index (χ3v) is 4.75. The van der Waals surface area contributed by atoms with Crippen molar-refractivity contribution in [3.05, 3.63) is 54.6 Å². The molecule has 22 heavy (non-hydrogen) atoms. The quantitative estimate of drug-likeness (QED) is 0.467. The molecule has 9 heteroatoms. The van der Waals surface area contributed by atoms with E-state index in [0.29, 0.717) is 0 Å². The van der Waals surface area contributed by atoms with Crippen LogP contribution in [0, 0.1) is 0 Å². The summed E-state index contributed by atoms with van der Waals surface area (Å²) in [5.74, 6) is -0.904. The topological polar surface area (TPSA) is 101 Å². The summed E-state index contributed by atoms with van der Waals surface area (Å²) in [4.78, 5) is 0.201. The summed E-state index contributed by atoms with van der Waals surface area (Å²) in [6.07, 6.45) is 0. The molecule has 0 fully saturated rings. The minimum absolute atomic E-state index is 0. The zero-order valence-electron chi connectivity index (χ0n) is 11.7. The normalized spacial score (nSPS) is 11.5. The summed E-state index contributed by atoms with van der Waals surface area (Å²) in [5, 5.41) is 0. The van der Waals surface area contributed by atoms with Gasteiger partial charge in [-0.1, -0.05) is 18.2 Å². The molecule has 0 saturated heterocycles. The molecule has 2 rings (SSSR count). The molecule has 0 atom stereocenters. The average molecular weight is 366 g/mol. The van der Waals surface area contributed by atoms with Gasteiger partial charge in [-0.15, -0.1) is 0 Å². The number of sulfone groups is 1. The van der Waals surface area contributed by atoms with Gasteiger partial charge < -0.3 is 9.29 Å². The summed E-state index contributed by atoms with van der Waals surface area (Å²) >= 11 is 0. The maximum absolute atomic E-state index is 12.3. The molecule has 0 heterocycles. The minimum atomic E-state index is -4.49. The second-order valence-corrected chi connectivity index (χ2v) is 7.41. The van der Waals surface area contributed by atoms with Gasteiger partial charge in [-0.25, -0.2) is 16.8 Å². The first-order valence-electron chi connectivity index (χ1n) is 5.76. The number of benzene rings is 2. The summed E-state index contributed by atoms with van der Waals surface area (Å²) in [5.41, 5.74) is 0. The van der Waals surface area contributed by atoms with E-state index in [1.54, 1.807) is 18.2 Å². The van der Waals surface area contributed by atoms with Crippen molar-refractivity contribution in [3.8, 4) is 5.75 Å². The Kier molecular flexibility index (Phi) is 7.21. The van der Waals surface area contributed by atoms with Crippen LogP contribution in [0.4, 0.5) is 0 Å². The van der Waals surface area contributed by atoms with Crippen LogP contribution in [0.5, 0.6) is 5.75 Å². The number of rotatable bonds is 5. The molecular formula is C13H11KO6S2. The molecule has 0 aliphatic rings. The van der Waals surface area contributed by atoms with Gasteiger partial charge in [0.2, 0.25) is 9.84 Å². The molecule has 0 amide bonds. The molecule has 0 aromatic heterocycles. The first-order valence-corrected chi connectivity index (χ1v) is 8.82. The van der Waals surface area contributed by atoms with Gasteiger partial charge in [-0.2, -0.15) is 0 Å². The molecule has 0 aliphatic heterocycles. The van der Waals surface area contributed by atoms with Crippen LogP contribution in [-0.2, 0) is 20.0 Å². The van der Waals surface area contributed by atoms with E-state index in [1.807, 2.05) is 0 Å². The molecule has 0 spiro atoms. The molecule has 2 aromatic carbocycles. The van der Waals surface area contributed by atoms with Crippen molar-refractivity contribution in [2.45, 2.75) is 9.79 Å². The smallest absolute Gasteiger partial charge is 0.745 e. The number of hydrogen-bond acceptors (Lipinski definition) is 6. The summed E-state index contributed by atoms with van der Waals surface area (Å²) < 4.78 is 60.6. The zero-order valence-corrected chi connectivity index (χ0v) is 16.4. The van der Waals surface area contributed by atoms with Crippen molar-refractivity contribution >= 4 is 20.0 Å². The Balaban J connectivity index is 0.00000242. The van der Waals surface area contributed by atoms with E-state index in [4.69, 9.17) is 4.74 Å². The third kappa shape index (κ3) is 5.43. The van der Waals surface area contributed by atoms with Crippen LogP contribution >= 0.6 is 0 Å². The largest absolute Gasteiger partial charge is 1.00 e. The summed E-state index contributed by atoms with van der Waals surface area (Å²) in [7, 11) is -8.13. The predicted molar refractivity (Wildman–Crippen MR) is 73.5 cm³/mol. The molecule has 0 aliphatic carbocycles. The Labute approximate surface area is 171 Å². The van der Waals surface area contributed by atoms with E-state index in [9.17, 15) is 21.4 Å². The van der Waals surface area contributed by atoms with Crippen LogP contribution in [-0.4, -0.2) is 27.3 Å². The molecule has 2 aromatic rings. The van der Waals surface area contributed by atoms with Crippen LogP contribution in [0.25, 0.3) is 0 Å². The van der Waals surface area contributed by atoms with E-state index in [-0.39, 0.29) is 66.9 Å². The first-order chi connectivity index (χ1) is 9.79. The fourth-order valence-corrected chi connectivity index (χ4v) is 3.15. The Morgan fingerprint density at radius 3 is 1.82 bits per heavy atom. The fraction of sp³-hybridized carbons (Fsp3) is 0.0769. The van der Waals surface area contributed by atoms with Crippen LogP contribution in [0.3, 0.4) is 0 Å². The van der Waals surface area contributed by atoms with Gasteiger partial charge in [-0.3, -0.25) is 0 Å². The zero-order chi connectivity index (χ0) is 15.5. The molecule has 0 unspecified atom stereocenters. The van der Waals surface area contributed by atoms with Crippen LogP contribution in [0.2, 0.25) is 0 Å². The predicted octanol–water partition coefficient (Wildman–Crippen LogP) is -1.60. The molecule has 0 N–H and O–H groups in total. The van der Waals surface area contributed by atoms with Crippen molar-refractivity contribution in [1.82, 2.24) is 0 Å². The molecule has 0 radical (unpaired) electrons. The fourth-order valence-electron chi connectivity index (χ4n) is 1.59. The summed E-state index contributed by atoms with van der Waals surface area (Å²) in [6, 6.07) is 13.0. The van der Waals surface area contributed by atoms with E-state index in [2.05, 4.69) is 0 Å². The van der Waals surface area contributed by atoms with Crippen LogP contribution < -0.4 is 56.1 Å². The van der Waals surface area contributed by atoms with Gasteiger partial charge in [0, 0.05) is 0 Å². The molecule has 6 nitrogen and oxygen atoms in total. The van der Waals surface area contributed by atoms with Gasteiger partial charge in [0.15, 0.2) is 5.94 Å². The molecule has 0 saturated carbocycles. The SMILES string of the molecule is O=S(=O)([O-])COc1ccc(S(=O)(=O)c2ccccc2)cc1.[K+]. The molecular weight excluding hydrogens is 355 g/mol. The number of ether oxygens (including phenoxy) is 1. The first kappa shape index (κ1) is 19.8. The Bertz CT molecular complexity index is 815. The van der Waals surface area contributed by atoms with Crippen molar-refractivity contribution < 1.29 is 77.5 Å². The third-order valence-electron chi connectivity index (χ3n) is 2.56. The van der Waals surface area contributed by atoms with Gasteiger partial charge in [0.1, 0.15) is 15.9 Å².